The number of amides is 4. The maximum atomic E-state index is 14.4. The minimum Gasteiger partial charge on any atom is -0.504 e. The van der Waals surface area contributed by atoms with Crippen LogP contribution in [0.2, 0.25) is 0 Å². The number of carbonyl (C=O) groups excluding carboxylic acids is 4. The summed E-state index contributed by atoms with van der Waals surface area (Å²) in [5, 5.41) is 10.5. The van der Waals surface area contributed by atoms with Gasteiger partial charge in [-0.2, -0.15) is 0 Å². The number of phenols is 1. The molecule has 3 fully saturated rings. The summed E-state index contributed by atoms with van der Waals surface area (Å²) in [4.78, 5) is 58.7. The van der Waals surface area contributed by atoms with Gasteiger partial charge >= 0.3 is 0 Å². The topological polar surface area (TPSA) is 104 Å². The number of imide groups is 2. The van der Waals surface area contributed by atoms with Gasteiger partial charge in [0.25, 0.3) is 0 Å². The highest BCUT2D eigenvalue weighted by atomic mass is 16.5. The van der Waals surface area contributed by atoms with Gasteiger partial charge < -0.3 is 9.84 Å². The zero-order valence-electron chi connectivity index (χ0n) is 24.1. The summed E-state index contributed by atoms with van der Waals surface area (Å²) in [5.41, 5.74) is 0.344. The van der Waals surface area contributed by atoms with Crippen molar-refractivity contribution in [3.05, 3.63) is 65.7 Å². The molecule has 2 saturated heterocycles. The Balaban J connectivity index is 1.53. The lowest BCUT2D eigenvalue weighted by Crippen LogP contribution is -2.49. The Morgan fingerprint density at radius 1 is 0.976 bits per heavy atom. The third-order valence-corrected chi connectivity index (χ3v) is 9.58. The van der Waals surface area contributed by atoms with Crippen LogP contribution in [0.3, 0.4) is 0 Å². The van der Waals surface area contributed by atoms with Crippen molar-refractivity contribution in [1.29, 1.82) is 0 Å². The Hall–Kier alpha value is -3.94. The first-order chi connectivity index (χ1) is 19.4. The molecule has 0 bridgehead atoms. The van der Waals surface area contributed by atoms with Crippen LogP contribution in [-0.4, -0.2) is 45.8 Å². The molecule has 0 unspecified atom stereocenters. The number of fused-ring (bicyclic) bond motifs is 4. The van der Waals surface area contributed by atoms with Crippen LogP contribution < -0.4 is 9.64 Å². The fourth-order valence-electron chi connectivity index (χ4n) is 7.86. The molecule has 6 rings (SSSR count). The number of anilines is 1. The Kier molecular flexibility index (Phi) is 6.17. The van der Waals surface area contributed by atoms with Gasteiger partial charge in [-0.15, -0.1) is 0 Å². The van der Waals surface area contributed by atoms with Gasteiger partial charge in [0.2, 0.25) is 23.6 Å². The van der Waals surface area contributed by atoms with Crippen LogP contribution in [-0.2, 0) is 19.2 Å². The van der Waals surface area contributed by atoms with Gasteiger partial charge in [0.15, 0.2) is 11.5 Å². The molecular weight excluding hydrogens is 520 g/mol. The monoisotopic (exact) mass is 556 g/mol. The van der Waals surface area contributed by atoms with Crippen LogP contribution in [0.15, 0.2) is 60.2 Å². The molecule has 0 radical (unpaired) electrons. The molecule has 41 heavy (non-hydrogen) atoms. The van der Waals surface area contributed by atoms with E-state index in [9.17, 15) is 24.3 Å². The Morgan fingerprint density at radius 3 is 2.34 bits per heavy atom. The van der Waals surface area contributed by atoms with E-state index in [1.54, 1.807) is 42.5 Å². The number of benzene rings is 2. The van der Waals surface area contributed by atoms with Crippen molar-refractivity contribution in [3.63, 3.8) is 0 Å². The average molecular weight is 557 g/mol. The molecule has 2 heterocycles. The quantitative estimate of drug-likeness (QED) is 0.428. The van der Waals surface area contributed by atoms with E-state index in [-0.39, 0.29) is 35.3 Å². The summed E-state index contributed by atoms with van der Waals surface area (Å²) in [6, 6.07) is 14.0. The molecule has 1 N–H and O–H groups in total. The number of aromatic hydroxyl groups is 1. The van der Waals surface area contributed by atoms with Gasteiger partial charge in [0.05, 0.1) is 35.5 Å². The number of allylic oxidation sites excluding steroid dienone is 2. The number of phenolic OH excluding ortho intramolecular Hbond substituents is 1. The second-order valence-electron chi connectivity index (χ2n) is 12.8. The first-order valence-corrected chi connectivity index (χ1v) is 14.4. The number of ether oxygens (including phenoxy) is 1. The first-order valence-electron chi connectivity index (χ1n) is 14.4. The van der Waals surface area contributed by atoms with Gasteiger partial charge in [-0.25, -0.2) is 4.90 Å². The van der Waals surface area contributed by atoms with Crippen molar-refractivity contribution in [3.8, 4) is 11.5 Å². The second kappa shape index (κ2) is 9.29. The summed E-state index contributed by atoms with van der Waals surface area (Å²) in [7, 11) is 0. The summed E-state index contributed by atoms with van der Waals surface area (Å²) >= 11 is 0. The second-order valence-corrected chi connectivity index (χ2v) is 12.8. The van der Waals surface area contributed by atoms with Crippen LogP contribution in [0.4, 0.5) is 5.69 Å². The van der Waals surface area contributed by atoms with Crippen LogP contribution in [0, 0.1) is 29.1 Å². The van der Waals surface area contributed by atoms with Crippen molar-refractivity contribution in [2.75, 3.05) is 11.5 Å². The number of hydrogen-bond acceptors (Lipinski definition) is 6. The largest absolute Gasteiger partial charge is 0.504 e. The third-order valence-electron chi connectivity index (χ3n) is 9.58. The molecule has 2 aliphatic carbocycles. The Bertz CT molecular complexity index is 1490. The van der Waals surface area contributed by atoms with E-state index in [1.807, 2.05) is 46.8 Å². The normalized spacial score (nSPS) is 31.1. The van der Waals surface area contributed by atoms with E-state index >= 15 is 0 Å². The number of carbonyl (C=O) groups is 4. The summed E-state index contributed by atoms with van der Waals surface area (Å²) in [5.74, 6) is -3.38. The minimum atomic E-state index is -1.14. The molecule has 2 aromatic carbocycles. The zero-order chi connectivity index (χ0) is 29.4. The van der Waals surface area contributed by atoms with Crippen LogP contribution in [0.1, 0.15) is 58.9 Å². The van der Waals surface area contributed by atoms with E-state index < -0.39 is 34.6 Å². The highest BCUT2D eigenvalue weighted by Crippen LogP contribution is 2.64. The molecule has 0 aromatic heterocycles. The fourth-order valence-corrected chi connectivity index (χ4v) is 7.86. The van der Waals surface area contributed by atoms with Crippen molar-refractivity contribution in [1.82, 2.24) is 4.90 Å². The Labute approximate surface area is 240 Å². The predicted molar refractivity (Wildman–Crippen MR) is 152 cm³/mol. The lowest BCUT2D eigenvalue weighted by Gasteiger charge is -2.49. The molecular formula is C33H36N2O6. The lowest BCUT2D eigenvalue weighted by molar-refractivity contribution is -0.145. The van der Waals surface area contributed by atoms with E-state index in [2.05, 4.69) is 0 Å². The van der Waals surface area contributed by atoms with Crippen LogP contribution in [0.25, 0.3) is 0 Å². The first kappa shape index (κ1) is 27.2. The van der Waals surface area contributed by atoms with Gasteiger partial charge in [0.1, 0.15) is 0 Å². The molecule has 4 aliphatic rings. The summed E-state index contributed by atoms with van der Waals surface area (Å²) in [6.45, 7) is 9.60. The molecule has 4 amide bonds. The summed E-state index contributed by atoms with van der Waals surface area (Å²) < 4.78 is 5.70. The van der Waals surface area contributed by atoms with Gasteiger partial charge in [-0.1, -0.05) is 35.9 Å². The van der Waals surface area contributed by atoms with Gasteiger partial charge in [0, 0.05) is 11.5 Å². The highest BCUT2D eigenvalue weighted by molar-refractivity contribution is 6.24. The number of rotatable bonds is 4. The molecule has 214 valence electrons. The lowest BCUT2D eigenvalue weighted by atomic mass is 9.51. The van der Waals surface area contributed by atoms with Crippen molar-refractivity contribution < 1.29 is 29.0 Å². The van der Waals surface area contributed by atoms with E-state index in [0.717, 1.165) is 11.1 Å². The van der Waals surface area contributed by atoms with Crippen molar-refractivity contribution in [2.45, 2.75) is 58.9 Å². The molecule has 2 aliphatic heterocycles. The van der Waals surface area contributed by atoms with Gasteiger partial charge in [-0.3, -0.25) is 24.1 Å². The molecule has 8 heteroatoms. The molecule has 8 nitrogen and oxygen atoms in total. The number of likely N-dealkylation sites (tertiary alicyclic amines) is 1. The standard InChI is InChI=1S/C33H36N2O6/c1-6-41-25-16-18(12-15-24(25)36)27-20-13-14-21-26(30(39)35(28(21)37)32(2,3)4)22(20)17-23-29(38)34(31(40)33(23,27)5)19-10-8-7-9-11-19/h7-13,15-16,21-23,26-27,36H,6,14,17H2,1-5H3/t21-,22+,23-,26-,27-,33+/m0/s1. The van der Waals surface area contributed by atoms with Gasteiger partial charge in [-0.05, 0) is 83.2 Å². The SMILES string of the molecule is CCOc1cc([C@H]2C3=CC[C@@H]4C(=O)N(C(C)(C)C)C(=O)[C@@H]4[C@@H]3C[C@H]3C(=O)N(c4ccccc4)C(=O)[C@@]23C)ccc1O. The van der Waals surface area contributed by atoms with E-state index in [1.165, 1.54) is 9.80 Å². The molecule has 6 atom stereocenters. The summed E-state index contributed by atoms with van der Waals surface area (Å²) in [6.07, 6.45) is 2.73. The maximum Gasteiger partial charge on any atom is 0.241 e. The predicted octanol–water partition coefficient (Wildman–Crippen LogP) is 4.82. The van der Waals surface area contributed by atoms with E-state index in [4.69, 9.17) is 4.74 Å². The van der Waals surface area contributed by atoms with Crippen LogP contribution >= 0.6 is 0 Å². The number of nitrogens with zero attached hydrogens (tertiary/aromatic N) is 2. The van der Waals surface area contributed by atoms with Crippen molar-refractivity contribution >= 4 is 29.3 Å². The van der Waals surface area contributed by atoms with E-state index in [0.29, 0.717) is 30.9 Å². The number of hydrogen-bond donors (Lipinski definition) is 1. The molecule has 0 spiro atoms. The van der Waals surface area contributed by atoms with Crippen LogP contribution in [0.5, 0.6) is 11.5 Å². The smallest absolute Gasteiger partial charge is 0.241 e. The Morgan fingerprint density at radius 2 is 1.68 bits per heavy atom. The fraction of sp³-hybridized carbons (Fsp3) is 0.455. The molecule has 1 saturated carbocycles. The number of para-hydroxylation sites is 1. The minimum absolute atomic E-state index is 0.0144. The maximum absolute atomic E-state index is 14.4. The highest BCUT2D eigenvalue weighted by Gasteiger charge is 2.68. The molecule has 2 aromatic rings. The van der Waals surface area contributed by atoms with Crippen molar-refractivity contribution in [2.24, 2.45) is 29.1 Å². The third kappa shape index (κ3) is 3.79. The average Bonchev–Trinajstić information content (AvgIpc) is 3.30. The zero-order valence-corrected chi connectivity index (χ0v) is 24.1.